The summed E-state index contributed by atoms with van der Waals surface area (Å²) in [5.41, 5.74) is 0. The van der Waals surface area contributed by atoms with Crippen LogP contribution < -0.4 is 0 Å². The molecular formula is C37H70O5. The van der Waals surface area contributed by atoms with E-state index in [4.69, 9.17) is 9.47 Å². The third-order valence-electron chi connectivity index (χ3n) is 8.00. The van der Waals surface area contributed by atoms with E-state index in [1.54, 1.807) is 0 Å². The number of carbonyl (C=O) groups excluding carboxylic acids is 2. The Morgan fingerprint density at radius 2 is 0.762 bits per heavy atom. The van der Waals surface area contributed by atoms with Crippen molar-refractivity contribution in [2.24, 2.45) is 0 Å². The van der Waals surface area contributed by atoms with Gasteiger partial charge in [-0.25, -0.2) is 0 Å². The van der Waals surface area contributed by atoms with Crippen molar-refractivity contribution in [1.82, 2.24) is 0 Å². The lowest BCUT2D eigenvalue weighted by atomic mass is 10.0. The zero-order chi connectivity index (χ0) is 30.8. The van der Waals surface area contributed by atoms with Crippen molar-refractivity contribution in [3.63, 3.8) is 0 Å². The van der Waals surface area contributed by atoms with Crippen molar-refractivity contribution >= 4 is 11.9 Å². The van der Waals surface area contributed by atoms with E-state index in [1.807, 2.05) is 0 Å². The molecule has 0 aliphatic rings. The van der Waals surface area contributed by atoms with Gasteiger partial charge in [0.2, 0.25) is 0 Å². The highest BCUT2D eigenvalue weighted by Gasteiger charge is 2.12. The number of allylic oxidation sites excluding steroid dienone is 2. The third kappa shape index (κ3) is 33.1. The van der Waals surface area contributed by atoms with Crippen molar-refractivity contribution in [2.75, 3.05) is 13.2 Å². The Morgan fingerprint density at radius 3 is 1.10 bits per heavy atom. The predicted molar refractivity (Wildman–Crippen MR) is 178 cm³/mol. The standard InChI is InChI=1S/C37H70O5/c1-3-5-7-9-11-13-15-17-18-20-22-24-26-28-30-32-37(40)42-34-35(38)33-41-36(39)31-29-27-25-23-21-19-16-14-12-10-8-6-4-2/h17-18,35,38H,3-16,19-34H2,1-2H3/b18-17-/t35-/m1/s1. The number of hydrogen-bond acceptors (Lipinski definition) is 5. The molecule has 1 atom stereocenters. The van der Waals surface area contributed by atoms with Gasteiger partial charge in [-0.05, 0) is 38.5 Å². The van der Waals surface area contributed by atoms with E-state index in [0.29, 0.717) is 12.8 Å². The summed E-state index contributed by atoms with van der Waals surface area (Å²) >= 11 is 0. The van der Waals surface area contributed by atoms with Crippen molar-refractivity contribution in [2.45, 2.75) is 200 Å². The molecule has 0 amide bonds. The molecule has 0 saturated heterocycles. The maximum Gasteiger partial charge on any atom is 0.305 e. The van der Waals surface area contributed by atoms with E-state index in [2.05, 4.69) is 26.0 Å². The summed E-state index contributed by atoms with van der Waals surface area (Å²) in [5.74, 6) is -0.568. The fraction of sp³-hybridized carbons (Fsp3) is 0.892. The lowest BCUT2D eigenvalue weighted by Gasteiger charge is -2.12. The quantitative estimate of drug-likeness (QED) is 0.0465. The third-order valence-corrected chi connectivity index (χ3v) is 8.00. The van der Waals surface area contributed by atoms with Crippen LogP contribution in [0.5, 0.6) is 0 Å². The molecule has 0 aromatic heterocycles. The topological polar surface area (TPSA) is 72.8 Å². The first-order valence-corrected chi connectivity index (χ1v) is 18.2. The van der Waals surface area contributed by atoms with Crippen LogP contribution in [0.2, 0.25) is 0 Å². The maximum absolute atomic E-state index is 11.9. The number of carbonyl (C=O) groups is 2. The van der Waals surface area contributed by atoms with Gasteiger partial charge in [0, 0.05) is 12.8 Å². The van der Waals surface area contributed by atoms with E-state index in [1.165, 1.54) is 128 Å². The summed E-state index contributed by atoms with van der Waals surface area (Å²) in [6.45, 7) is 4.29. The average molecular weight is 595 g/mol. The van der Waals surface area contributed by atoms with Crippen LogP contribution in [0.15, 0.2) is 12.2 Å². The molecule has 0 aliphatic heterocycles. The van der Waals surface area contributed by atoms with Gasteiger partial charge in [0.1, 0.15) is 19.3 Å². The first-order valence-electron chi connectivity index (χ1n) is 18.2. The minimum absolute atomic E-state index is 0.113. The molecule has 1 N–H and O–H groups in total. The Labute approximate surface area is 261 Å². The van der Waals surface area contributed by atoms with Crippen molar-refractivity contribution in [1.29, 1.82) is 0 Å². The molecule has 0 aliphatic carbocycles. The number of aliphatic hydroxyl groups is 1. The predicted octanol–water partition coefficient (Wildman–Crippen LogP) is 11.0. The van der Waals surface area contributed by atoms with Gasteiger partial charge in [0.05, 0.1) is 0 Å². The highest BCUT2D eigenvalue weighted by Crippen LogP contribution is 2.14. The summed E-state index contributed by atoms with van der Waals surface area (Å²) in [4.78, 5) is 23.8. The molecule has 0 unspecified atom stereocenters. The minimum atomic E-state index is -0.960. The van der Waals surface area contributed by atoms with Gasteiger partial charge in [-0.2, -0.15) is 0 Å². The zero-order valence-corrected chi connectivity index (χ0v) is 28.0. The second-order valence-corrected chi connectivity index (χ2v) is 12.3. The van der Waals surface area contributed by atoms with Crippen LogP contribution >= 0.6 is 0 Å². The van der Waals surface area contributed by atoms with Crippen LogP contribution in [0.3, 0.4) is 0 Å². The van der Waals surface area contributed by atoms with Gasteiger partial charge in [0.15, 0.2) is 0 Å². The van der Waals surface area contributed by atoms with Gasteiger partial charge in [-0.1, -0.05) is 154 Å². The Hall–Kier alpha value is -1.36. The van der Waals surface area contributed by atoms with Crippen molar-refractivity contribution in [3.05, 3.63) is 12.2 Å². The van der Waals surface area contributed by atoms with Gasteiger partial charge < -0.3 is 14.6 Å². The average Bonchev–Trinajstić information content (AvgIpc) is 2.99. The maximum atomic E-state index is 11.9. The molecule has 0 rings (SSSR count). The minimum Gasteiger partial charge on any atom is -0.463 e. The summed E-state index contributed by atoms with van der Waals surface area (Å²) in [6.07, 6.45) is 36.8. The molecule has 0 aromatic carbocycles. The Balaban J connectivity index is 3.42. The molecular weight excluding hydrogens is 524 g/mol. The van der Waals surface area contributed by atoms with E-state index in [9.17, 15) is 14.7 Å². The normalized spacial score (nSPS) is 12.2. The van der Waals surface area contributed by atoms with Crippen LogP contribution in [0, 0.1) is 0 Å². The SMILES string of the molecule is CCCCCCCC/C=C\CCCCCCCC(=O)OC[C@H](O)COC(=O)CCCCCCCCCCCCCCC. The largest absolute Gasteiger partial charge is 0.463 e. The van der Waals surface area contributed by atoms with Crippen LogP contribution in [0.4, 0.5) is 0 Å². The Bertz CT molecular complexity index is 603. The molecule has 0 bridgehead atoms. The Kier molecular flexibility index (Phi) is 33.0. The van der Waals surface area contributed by atoms with Gasteiger partial charge in [-0.3, -0.25) is 9.59 Å². The number of ether oxygens (including phenoxy) is 2. The number of aliphatic hydroxyl groups excluding tert-OH is 1. The van der Waals surface area contributed by atoms with Gasteiger partial charge in [-0.15, -0.1) is 0 Å². The number of esters is 2. The van der Waals surface area contributed by atoms with E-state index in [0.717, 1.165) is 38.5 Å². The van der Waals surface area contributed by atoms with Crippen LogP contribution in [-0.4, -0.2) is 36.4 Å². The summed E-state index contributed by atoms with van der Waals surface area (Å²) in [5, 5.41) is 9.97. The van der Waals surface area contributed by atoms with Crippen LogP contribution in [-0.2, 0) is 19.1 Å². The van der Waals surface area contributed by atoms with E-state index >= 15 is 0 Å². The molecule has 0 fully saturated rings. The molecule has 248 valence electrons. The number of hydrogen-bond donors (Lipinski definition) is 1. The zero-order valence-electron chi connectivity index (χ0n) is 28.0. The van der Waals surface area contributed by atoms with Crippen LogP contribution in [0.1, 0.15) is 194 Å². The van der Waals surface area contributed by atoms with E-state index < -0.39 is 6.10 Å². The molecule has 0 heterocycles. The second-order valence-electron chi connectivity index (χ2n) is 12.3. The lowest BCUT2D eigenvalue weighted by molar-refractivity contribution is -0.152. The summed E-state index contributed by atoms with van der Waals surface area (Å²) in [6, 6.07) is 0. The van der Waals surface area contributed by atoms with Crippen molar-refractivity contribution in [3.8, 4) is 0 Å². The van der Waals surface area contributed by atoms with E-state index in [-0.39, 0.29) is 25.2 Å². The van der Waals surface area contributed by atoms with Crippen molar-refractivity contribution < 1.29 is 24.2 Å². The van der Waals surface area contributed by atoms with Crippen LogP contribution in [0.25, 0.3) is 0 Å². The molecule has 0 radical (unpaired) electrons. The highest BCUT2D eigenvalue weighted by atomic mass is 16.6. The van der Waals surface area contributed by atoms with Gasteiger partial charge >= 0.3 is 11.9 Å². The molecule has 42 heavy (non-hydrogen) atoms. The fourth-order valence-electron chi connectivity index (χ4n) is 5.20. The first-order chi connectivity index (χ1) is 20.6. The molecule has 0 aromatic rings. The fourth-order valence-corrected chi connectivity index (χ4v) is 5.20. The molecule has 0 saturated carbocycles. The smallest absolute Gasteiger partial charge is 0.305 e. The first kappa shape index (κ1) is 40.6. The summed E-state index contributed by atoms with van der Waals surface area (Å²) in [7, 11) is 0. The summed E-state index contributed by atoms with van der Waals surface area (Å²) < 4.78 is 10.3. The molecule has 5 nitrogen and oxygen atoms in total. The second kappa shape index (κ2) is 34.1. The molecule has 5 heteroatoms. The highest BCUT2D eigenvalue weighted by molar-refractivity contribution is 5.69. The molecule has 0 spiro atoms. The number of rotatable bonds is 33. The monoisotopic (exact) mass is 595 g/mol. The number of unbranched alkanes of at least 4 members (excludes halogenated alkanes) is 23. The lowest BCUT2D eigenvalue weighted by Crippen LogP contribution is -2.25. The van der Waals surface area contributed by atoms with Gasteiger partial charge in [0.25, 0.3) is 0 Å². The Morgan fingerprint density at radius 1 is 0.476 bits per heavy atom.